The van der Waals surface area contributed by atoms with Crippen LogP contribution in [0.15, 0.2) is 11.3 Å². The normalized spacial score (nSPS) is 57.7. The highest BCUT2D eigenvalue weighted by atomic mass is 16.6. The van der Waals surface area contributed by atoms with E-state index in [1.807, 2.05) is 6.92 Å². The predicted molar refractivity (Wildman–Crippen MR) is 86.8 cm³/mol. The molecule has 7 heteroatoms. The number of aliphatic hydroxyl groups excluding tert-OH is 3. The van der Waals surface area contributed by atoms with E-state index in [4.69, 9.17) is 9.47 Å². The van der Waals surface area contributed by atoms with Crippen LogP contribution in [0.25, 0.3) is 0 Å². The van der Waals surface area contributed by atoms with Gasteiger partial charge in [-0.05, 0) is 18.8 Å². The third-order valence-electron chi connectivity index (χ3n) is 7.60. The molecule has 2 spiro atoms. The lowest BCUT2D eigenvalue weighted by atomic mass is 9.59. The summed E-state index contributed by atoms with van der Waals surface area (Å²) in [5, 5.41) is 32.8. The van der Waals surface area contributed by atoms with Gasteiger partial charge in [0.2, 0.25) is 0 Å². The van der Waals surface area contributed by atoms with Crippen LogP contribution in [0.2, 0.25) is 0 Å². The zero-order valence-corrected chi connectivity index (χ0v) is 15.0. The molecule has 3 saturated heterocycles. The van der Waals surface area contributed by atoms with Crippen molar-refractivity contribution in [3.8, 4) is 0 Å². The Morgan fingerprint density at radius 2 is 1.77 bits per heavy atom. The van der Waals surface area contributed by atoms with Gasteiger partial charge in [0.1, 0.15) is 17.1 Å². The van der Waals surface area contributed by atoms with Gasteiger partial charge >= 0.3 is 5.97 Å². The van der Waals surface area contributed by atoms with E-state index in [1.54, 1.807) is 13.8 Å². The maximum atomic E-state index is 13.3. The second kappa shape index (κ2) is 4.69. The van der Waals surface area contributed by atoms with Crippen LogP contribution < -0.4 is 0 Å². The first-order valence-electron chi connectivity index (χ1n) is 9.42. The second-order valence-electron chi connectivity index (χ2n) is 8.96. The first-order valence-corrected chi connectivity index (χ1v) is 9.42. The standard InChI is InChI=1S/C19H24O7/c1-6-4-7(2)13(21)11-17(24)26-18-5-8(3)16-15(23)9(18)14(22)10(12(6)20)19(11,18)25-16/h6-10,14-16,21-23H,4-5H2,1-3H3/t6-,7+,8+,9?,10-,14+,15-,16?,18+,19-/m0/s1. The highest BCUT2D eigenvalue weighted by Gasteiger charge is 2.87. The van der Waals surface area contributed by atoms with E-state index in [0.717, 1.165) is 0 Å². The largest absolute Gasteiger partial charge is 0.511 e. The van der Waals surface area contributed by atoms with Gasteiger partial charge in [0.05, 0.1) is 30.1 Å². The molecule has 6 aliphatic rings. The molecule has 2 unspecified atom stereocenters. The fourth-order valence-corrected chi connectivity index (χ4v) is 6.66. The molecular weight excluding hydrogens is 340 g/mol. The molecule has 3 aliphatic heterocycles. The van der Waals surface area contributed by atoms with Gasteiger partial charge in [-0.25, -0.2) is 4.79 Å². The number of allylic oxidation sites excluding steroid dienone is 1. The summed E-state index contributed by atoms with van der Waals surface area (Å²) < 4.78 is 12.1. The number of fused-ring (bicyclic) bond motifs is 1. The predicted octanol–water partition coefficient (Wildman–Crippen LogP) is 0.484. The Balaban J connectivity index is 1.86. The number of carbonyl (C=O) groups excluding carboxylic acids is 2. The van der Waals surface area contributed by atoms with Crippen molar-refractivity contribution in [3.05, 3.63) is 11.3 Å². The zero-order chi connectivity index (χ0) is 18.8. The Morgan fingerprint density at radius 3 is 2.46 bits per heavy atom. The lowest BCUT2D eigenvalue weighted by Crippen LogP contribution is -2.72. The van der Waals surface area contributed by atoms with Crippen molar-refractivity contribution >= 4 is 11.8 Å². The third kappa shape index (κ3) is 1.47. The minimum absolute atomic E-state index is 0.0133. The number of aliphatic hydroxyl groups is 3. The van der Waals surface area contributed by atoms with Crippen molar-refractivity contribution in [1.29, 1.82) is 0 Å². The number of esters is 1. The van der Waals surface area contributed by atoms with Crippen LogP contribution >= 0.6 is 0 Å². The van der Waals surface area contributed by atoms with E-state index < -0.39 is 59.2 Å². The van der Waals surface area contributed by atoms with Gasteiger partial charge in [-0.1, -0.05) is 20.8 Å². The molecule has 26 heavy (non-hydrogen) atoms. The average molecular weight is 364 g/mol. The van der Waals surface area contributed by atoms with Gasteiger partial charge in [-0.2, -0.15) is 0 Å². The zero-order valence-electron chi connectivity index (χ0n) is 15.0. The topological polar surface area (TPSA) is 113 Å². The summed E-state index contributed by atoms with van der Waals surface area (Å²) in [5.74, 6) is -3.72. The Morgan fingerprint density at radius 1 is 1.08 bits per heavy atom. The highest BCUT2D eigenvalue weighted by Crippen LogP contribution is 2.70. The van der Waals surface area contributed by atoms with Crippen LogP contribution in [-0.2, 0) is 19.1 Å². The number of ether oxygens (including phenoxy) is 2. The fraction of sp³-hybridized carbons (Fsp3) is 0.789. The number of ketones is 1. The quantitative estimate of drug-likeness (QED) is 0.536. The first kappa shape index (κ1) is 16.7. The van der Waals surface area contributed by atoms with Crippen LogP contribution in [-0.4, -0.2) is 56.6 Å². The number of hydrogen-bond donors (Lipinski definition) is 3. The molecular formula is C19H24O7. The Bertz CT molecular complexity index is 759. The fourth-order valence-electron chi connectivity index (χ4n) is 6.66. The molecule has 4 bridgehead atoms. The van der Waals surface area contributed by atoms with E-state index in [0.29, 0.717) is 12.8 Å². The summed E-state index contributed by atoms with van der Waals surface area (Å²) in [6, 6.07) is 0. The minimum atomic E-state index is -1.51. The van der Waals surface area contributed by atoms with E-state index >= 15 is 0 Å². The van der Waals surface area contributed by atoms with Crippen molar-refractivity contribution in [2.45, 2.75) is 63.1 Å². The molecule has 10 atom stereocenters. The highest BCUT2D eigenvalue weighted by molar-refractivity contribution is 6.00. The van der Waals surface area contributed by atoms with E-state index in [9.17, 15) is 24.9 Å². The van der Waals surface area contributed by atoms with E-state index in [1.165, 1.54) is 0 Å². The Kier molecular flexibility index (Phi) is 3.02. The van der Waals surface area contributed by atoms with E-state index in [-0.39, 0.29) is 23.0 Å². The molecule has 0 aromatic rings. The number of carbonyl (C=O) groups is 2. The van der Waals surface area contributed by atoms with Crippen LogP contribution in [0, 0.1) is 29.6 Å². The van der Waals surface area contributed by atoms with Crippen molar-refractivity contribution in [2.75, 3.05) is 0 Å². The molecule has 3 N–H and O–H groups in total. The molecule has 0 aromatic carbocycles. The van der Waals surface area contributed by atoms with E-state index in [2.05, 4.69) is 0 Å². The molecule has 5 fully saturated rings. The summed E-state index contributed by atoms with van der Waals surface area (Å²) in [7, 11) is 0. The molecule has 3 heterocycles. The number of hydrogen-bond acceptors (Lipinski definition) is 7. The van der Waals surface area contributed by atoms with Crippen molar-refractivity contribution in [1.82, 2.24) is 0 Å². The maximum absolute atomic E-state index is 13.3. The minimum Gasteiger partial charge on any atom is -0.511 e. The molecule has 0 radical (unpaired) electrons. The summed E-state index contributed by atoms with van der Waals surface area (Å²) in [6.45, 7) is 5.43. The molecule has 142 valence electrons. The van der Waals surface area contributed by atoms with Gasteiger partial charge in [-0.15, -0.1) is 0 Å². The third-order valence-corrected chi connectivity index (χ3v) is 7.60. The van der Waals surface area contributed by atoms with Crippen molar-refractivity contribution < 1.29 is 34.4 Å². The van der Waals surface area contributed by atoms with Gasteiger partial charge in [0.25, 0.3) is 0 Å². The van der Waals surface area contributed by atoms with Crippen LogP contribution in [0.1, 0.15) is 33.6 Å². The van der Waals surface area contributed by atoms with Gasteiger partial charge < -0.3 is 24.8 Å². The molecule has 6 rings (SSSR count). The lowest BCUT2D eigenvalue weighted by molar-refractivity contribution is -0.302. The van der Waals surface area contributed by atoms with Crippen LogP contribution in [0.3, 0.4) is 0 Å². The summed E-state index contributed by atoms with van der Waals surface area (Å²) in [5.41, 5.74) is -2.83. The molecule has 7 nitrogen and oxygen atoms in total. The Labute approximate surface area is 151 Å². The summed E-state index contributed by atoms with van der Waals surface area (Å²) >= 11 is 0. The van der Waals surface area contributed by atoms with Gasteiger partial charge in [0, 0.05) is 11.8 Å². The molecule has 0 amide bonds. The van der Waals surface area contributed by atoms with Crippen LogP contribution in [0.5, 0.6) is 0 Å². The molecule has 3 aliphatic carbocycles. The van der Waals surface area contributed by atoms with Gasteiger partial charge in [0.15, 0.2) is 11.2 Å². The first-order chi connectivity index (χ1) is 12.2. The Hall–Kier alpha value is -1.44. The lowest BCUT2D eigenvalue weighted by Gasteiger charge is -2.58. The summed E-state index contributed by atoms with van der Waals surface area (Å²) in [4.78, 5) is 26.1. The summed E-state index contributed by atoms with van der Waals surface area (Å²) in [6.07, 6.45) is -2.05. The maximum Gasteiger partial charge on any atom is 0.341 e. The SMILES string of the molecule is C[C@@H]1C[C@H](C)C(=O)[C@H]2[C@H](O)C3[C@H](O)C4O[C@]25C(=C1O)C(=O)O[C@]35C[C@H]4C. The second-order valence-corrected chi connectivity index (χ2v) is 8.96. The van der Waals surface area contributed by atoms with Gasteiger partial charge in [-0.3, -0.25) is 4.79 Å². The average Bonchev–Trinajstić information content (AvgIpc) is 2.87. The number of rotatable bonds is 0. The molecule has 2 saturated carbocycles. The van der Waals surface area contributed by atoms with Crippen molar-refractivity contribution in [3.63, 3.8) is 0 Å². The number of Topliss-reactive ketones (excluding diaryl/α,β-unsaturated/α-hetero) is 1. The molecule has 0 aromatic heterocycles. The van der Waals surface area contributed by atoms with Crippen LogP contribution in [0.4, 0.5) is 0 Å². The van der Waals surface area contributed by atoms with Crippen molar-refractivity contribution in [2.24, 2.45) is 29.6 Å². The smallest absolute Gasteiger partial charge is 0.341 e. The monoisotopic (exact) mass is 364 g/mol.